The van der Waals surface area contributed by atoms with Gasteiger partial charge in [-0.15, -0.1) is 0 Å². The summed E-state index contributed by atoms with van der Waals surface area (Å²) in [4.78, 5) is 12.5. The van der Waals surface area contributed by atoms with Gasteiger partial charge in [-0.2, -0.15) is 0 Å². The molecule has 3 rings (SSSR count). The molecule has 1 N–H and O–H groups in total. The fourth-order valence-electron chi connectivity index (χ4n) is 3.27. The average Bonchev–Trinajstić information content (AvgIpc) is 3.14. The zero-order valence-electron chi connectivity index (χ0n) is 15.9. The summed E-state index contributed by atoms with van der Waals surface area (Å²) < 4.78 is 11.5. The highest BCUT2D eigenvalue weighted by Crippen LogP contribution is 2.29. The number of nitrogens with one attached hydrogen (secondary N) is 1. The molecule has 0 bridgehead atoms. The summed E-state index contributed by atoms with van der Waals surface area (Å²) in [5.41, 5.74) is 4.24. The van der Waals surface area contributed by atoms with Crippen LogP contribution in [0, 0.1) is 13.8 Å². The third kappa shape index (κ3) is 5.72. The lowest BCUT2D eigenvalue weighted by atomic mass is 10.0. The lowest BCUT2D eigenvalue weighted by Gasteiger charge is -2.16. The highest BCUT2D eigenvalue weighted by molar-refractivity contribution is 6.31. The van der Waals surface area contributed by atoms with E-state index in [9.17, 15) is 4.79 Å². The van der Waals surface area contributed by atoms with Crippen molar-refractivity contribution >= 4 is 23.2 Å². The summed E-state index contributed by atoms with van der Waals surface area (Å²) >= 11 is 6.10. The molecule has 0 spiro atoms. The first-order valence-corrected chi connectivity index (χ1v) is 9.79. The van der Waals surface area contributed by atoms with Crippen LogP contribution < -0.4 is 10.1 Å². The van der Waals surface area contributed by atoms with E-state index in [1.807, 2.05) is 0 Å². The molecule has 0 radical (unpaired) electrons. The van der Waals surface area contributed by atoms with Crippen molar-refractivity contribution in [2.24, 2.45) is 0 Å². The van der Waals surface area contributed by atoms with Gasteiger partial charge in [0.25, 0.3) is 0 Å². The second-order valence-electron chi connectivity index (χ2n) is 7.06. The highest BCUT2D eigenvalue weighted by atomic mass is 35.5. The van der Waals surface area contributed by atoms with Gasteiger partial charge in [0, 0.05) is 18.1 Å². The smallest absolute Gasteiger partial charge is 0.224 e. The van der Waals surface area contributed by atoms with Crippen molar-refractivity contribution in [3.63, 3.8) is 0 Å². The summed E-state index contributed by atoms with van der Waals surface area (Å²) in [6.45, 7) is 5.42. The molecule has 1 aliphatic heterocycles. The first-order chi connectivity index (χ1) is 13.0. The third-order valence-corrected chi connectivity index (χ3v) is 5.02. The molecule has 1 amide bonds. The number of carbonyl (C=O) groups is 1. The van der Waals surface area contributed by atoms with Gasteiger partial charge in [0.2, 0.25) is 5.91 Å². The van der Waals surface area contributed by atoms with Gasteiger partial charge in [-0.1, -0.05) is 35.4 Å². The van der Waals surface area contributed by atoms with Gasteiger partial charge in [0.1, 0.15) is 12.4 Å². The Hall–Kier alpha value is -2.04. The van der Waals surface area contributed by atoms with E-state index in [-0.39, 0.29) is 12.0 Å². The lowest BCUT2D eigenvalue weighted by molar-refractivity contribution is -0.116. The van der Waals surface area contributed by atoms with Crippen LogP contribution >= 0.6 is 11.6 Å². The van der Waals surface area contributed by atoms with E-state index in [1.165, 1.54) is 16.7 Å². The Morgan fingerprint density at radius 3 is 2.85 bits per heavy atom. The summed E-state index contributed by atoms with van der Waals surface area (Å²) in [7, 11) is 0. The zero-order valence-corrected chi connectivity index (χ0v) is 16.6. The largest absolute Gasteiger partial charge is 0.489 e. The van der Waals surface area contributed by atoms with Crippen molar-refractivity contribution in [2.45, 2.75) is 45.6 Å². The van der Waals surface area contributed by atoms with E-state index in [0.717, 1.165) is 19.4 Å². The lowest BCUT2D eigenvalue weighted by Crippen LogP contribution is -2.18. The Morgan fingerprint density at radius 1 is 1.26 bits per heavy atom. The van der Waals surface area contributed by atoms with Crippen LogP contribution in [0.2, 0.25) is 5.02 Å². The van der Waals surface area contributed by atoms with Crippen molar-refractivity contribution in [1.29, 1.82) is 0 Å². The molecule has 1 aliphatic rings. The molecular formula is C22H26ClNO3. The van der Waals surface area contributed by atoms with Gasteiger partial charge < -0.3 is 14.8 Å². The van der Waals surface area contributed by atoms with Crippen molar-refractivity contribution < 1.29 is 14.3 Å². The van der Waals surface area contributed by atoms with Crippen molar-refractivity contribution in [3.05, 3.63) is 58.1 Å². The molecule has 0 aliphatic carbocycles. The SMILES string of the molecule is Cc1ccc(CCC(=O)Nc2cc(Cl)ccc2OCC2CCCO2)c(C)c1. The normalized spacial score (nSPS) is 16.3. The number of amides is 1. The predicted octanol–water partition coefficient (Wildman–Crippen LogP) is 5.09. The van der Waals surface area contributed by atoms with Crippen LogP contribution in [0.4, 0.5) is 5.69 Å². The van der Waals surface area contributed by atoms with E-state index in [2.05, 4.69) is 37.4 Å². The number of benzene rings is 2. The number of halogens is 1. The minimum absolute atomic E-state index is 0.0563. The molecular weight excluding hydrogens is 362 g/mol. The van der Waals surface area contributed by atoms with Crippen molar-refractivity contribution in [3.8, 4) is 5.75 Å². The number of carbonyl (C=O) groups excluding carboxylic acids is 1. The molecule has 27 heavy (non-hydrogen) atoms. The highest BCUT2D eigenvalue weighted by Gasteiger charge is 2.17. The number of hydrogen-bond acceptors (Lipinski definition) is 3. The van der Waals surface area contributed by atoms with Gasteiger partial charge in [0.15, 0.2) is 0 Å². The van der Waals surface area contributed by atoms with E-state index >= 15 is 0 Å². The zero-order chi connectivity index (χ0) is 19.2. The topological polar surface area (TPSA) is 47.6 Å². The molecule has 4 nitrogen and oxygen atoms in total. The molecule has 1 saturated heterocycles. The number of aryl methyl sites for hydroxylation is 3. The van der Waals surface area contributed by atoms with Crippen LogP contribution in [0.3, 0.4) is 0 Å². The number of ether oxygens (including phenoxy) is 2. The molecule has 1 atom stereocenters. The maximum absolute atomic E-state index is 12.5. The minimum atomic E-state index is -0.0563. The predicted molar refractivity (Wildman–Crippen MR) is 109 cm³/mol. The fourth-order valence-corrected chi connectivity index (χ4v) is 3.44. The Morgan fingerprint density at radius 2 is 2.11 bits per heavy atom. The van der Waals surface area contributed by atoms with E-state index < -0.39 is 0 Å². The second-order valence-corrected chi connectivity index (χ2v) is 7.50. The summed E-state index contributed by atoms with van der Waals surface area (Å²) in [6, 6.07) is 11.6. The third-order valence-electron chi connectivity index (χ3n) is 4.78. The number of anilines is 1. The van der Waals surface area contributed by atoms with Crippen molar-refractivity contribution in [2.75, 3.05) is 18.5 Å². The maximum atomic E-state index is 12.5. The number of rotatable bonds is 7. The first kappa shape index (κ1) is 19.7. The van der Waals surface area contributed by atoms with E-state index in [1.54, 1.807) is 18.2 Å². The standard InChI is InChI=1S/C22H26ClNO3/c1-15-5-6-17(16(2)12-15)7-10-22(25)24-20-13-18(23)8-9-21(20)27-14-19-4-3-11-26-19/h5-6,8-9,12-13,19H,3-4,7,10-11,14H2,1-2H3,(H,24,25). The Kier molecular flexibility index (Phi) is 6.75. The quantitative estimate of drug-likeness (QED) is 0.720. The molecule has 2 aromatic carbocycles. The van der Waals surface area contributed by atoms with Crippen molar-refractivity contribution in [1.82, 2.24) is 0 Å². The van der Waals surface area contributed by atoms with Crippen LogP contribution in [0.15, 0.2) is 36.4 Å². The summed E-state index contributed by atoms with van der Waals surface area (Å²) in [6.07, 6.45) is 3.29. The van der Waals surface area contributed by atoms with Crippen LogP contribution in [0.25, 0.3) is 0 Å². The maximum Gasteiger partial charge on any atom is 0.224 e. The molecule has 144 valence electrons. The summed E-state index contributed by atoms with van der Waals surface area (Å²) in [5.74, 6) is 0.564. The average molecular weight is 388 g/mol. The Bertz CT molecular complexity index is 800. The minimum Gasteiger partial charge on any atom is -0.489 e. The summed E-state index contributed by atoms with van der Waals surface area (Å²) in [5, 5.41) is 3.50. The molecule has 0 aromatic heterocycles. The van der Waals surface area contributed by atoms with Gasteiger partial charge in [-0.3, -0.25) is 4.79 Å². The molecule has 1 fully saturated rings. The Balaban J connectivity index is 1.59. The van der Waals surface area contributed by atoms with Gasteiger partial charge in [-0.25, -0.2) is 0 Å². The van der Waals surface area contributed by atoms with Gasteiger partial charge in [-0.05, 0) is 62.4 Å². The first-order valence-electron chi connectivity index (χ1n) is 9.41. The molecule has 0 saturated carbocycles. The fraction of sp³-hybridized carbons (Fsp3) is 0.409. The molecule has 1 unspecified atom stereocenters. The van der Waals surface area contributed by atoms with E-state index in [4.69, 9.17) is 21.1 Å². The monoisotopic (exact) mass is 387 g/mol. The van der Waals surface area contributed by atoms with Crippen LogP contribution in [0.1, 0.15) is 36.0 Å². The number of hydrogen-bond donors (Lipinski definition) is 1. The van der Waals surface area contributed by atoms with Crippen LogP contribution in [-0.2, 0) is 16.0 Å². The van der Waals surface area contributed by atoms with Gasteiger partial charge >= 0.3 is 0 Å². The molecule has 5 heteroatoms. The van der Waals surface area contributed by atoms with Crippen LogP contribution in [-0.4, -0.2) is 25.2 Å². The van der Waals surface area contributed by atoms with Crippen LogP contribution in [0.5, 0.6) is 5.75 Å². The van der Waals surface area contributed by atoms with E-state index in [0.29, 0.717) is 35.9 Å². The van der Waals surface area contributed by atoms with Gasteiger partial charge in [0.05, 0.1) is 11.8 Å². The second kappa shape index (κ2) is 9.25. The molecule has 2 aromatic rings. The Labute approximate surface area is 165 Å². The molecule has 1 heterocycles.